The number of hydrogen-bond acceptors (Lipinski definition) is 5. The van der Waals surface area contributed by atoms with Gasteiger partial charge < -0.3 is 11.1 Å². The maximum atomic E-state index is 5.75. The number of hydrogen-bond donors (Lipinski definition) is 2. The van der Waals surface area contributed by atoms with Gasteiger partial charge in [-0.3, -0.25) is 0 Å². The van der Waals surface area contributed by atoms with E-state index in [1.54, 1.807) is 6.33 Å². The summed E-state index contributed by atoms with van der Waals surface area (Å²) in [5, 5.41) is 4.53. The molecule has 0 amide bonds. The van der Waals surface area contributed by atoms with E-state index in [1.165, 1.54) is 12.2 Å². The number of anilines is 2. The summed E-state index contributed by atoms with van der Waals surface area (Å²) in [6.45, 7) is 0. The van der Waals surface area contributed by atoms with Crippen LogP contribution in [0, 0.1) is 0 Å². The van der Waals surface area contributed by atoms with E-state index in [2.05, 4.69) is 15.3 Å². The summed E-state index contributed by atoms with van der Waals surface area (Å²) in [4.78, 5) is 8.57. The minimum absolute atomic E-state index is 0.524. The van der Waals surface area contributed by atoms with Crippen LogP contribution in [0.2, 0.25) is 0 Å². The van der Waals surface area contributed by atoms with Crippen molar-refractivity contribution < 1.29 is 0 Å². The van der Waals surface area contributed by atoms with Crippen LogP contribution < -0.4 is 11.1 Å². The highest BCUT2D eigenvalue weighted by Crippen LogP contribution is 2.25. The van der Waals surface area contributed by atoms with E-state index in [-0.39, 0.29) is 0 Å². The van der Waals surface area contributed by atoms with Crippen LogP contribution in [0.15, 0.2) is 24.5 Å². The standard InChI is InChI=1S/C12H14N4S/c13-8-1-2-10-11(5-8)14-7-15-12(10)16-9-3-4-17-6-9/h1-2,5,7,9H,3-4,6,13H2,(H,14,15,16). The molecule has 0 bridgehead atoms. The first kappa shape index (κ1) is 10.7. The third-order valence-corrected chi connectivity index (χ3v) is 4.09. The Hall–Kier alpha value is -1.49. The van der Waals surface area contributed by atoms with E-state index in [0.717, 1.165) is 28.2 Å². The number of thioether (sulfide) groups is 1. The molecule has 1 atom stereocenters. The molecule has 3 N–H and O–H groups in total. The summed E-state index contributed by atoms with van der Waals surface area (Å²) < 4.78 is 0. The Morgan fingerprint density at radius 3 is 3.12 bits per heavy atom. The second-order valence-corrected chi connectivity index (χ2v) is 5.35. The molecule has 1 saturated heterocycles. The molecule has 2 aromatic rings. The van der Waals surface area contributed by atoms with Gasteiger partial charge in [-0.25, -0.2) is 9.97 Å². The van der Waals surface area contributed by atoms with Crippen molar-refractivity contribution in [1.82, 2.24) is 9.97 Å². The molecule has 5 heteroatoms. The topological polar surface area (TPSA) is 63.8 Å². The van der Waals surface area contributed by atoms with Crippen molar-refractivity contribution in [1.29, 1.82) is 0 Å². The van der Waals surface area contributed by atoms with E-state index in [9.17, 15) is 0 Å². The Kier molecular flexibility index (Phi) is 2.76. The van der Waals surface area contributed by atoms with Gasteiger partial charge in [-0.05, 0) is 30.4 Å². The molecule has 17 heavy (non-hydrogen) atoms. The summed E-state index contributed by atoms with van der Waals surface area (Å²) in [6.07, 6.45) is 2.79. The molecule has 1 aromatic carbocycles. The van der Waals surface area contributed by atoms with Gasteiger partial charge in [0.15, 0.2) is 0 Å². The molecule has 1 aliphatic heterocycles. The van der Waals surface area contributed by atoms with Crippen LogP contribution in [-0.4, -0.2) is 27.5 Å². The highest BCUT2D eigenvalue weighted by molar-refractivity contribution is 7.99. The van der Waals surface area contributed by atoms with Gasteiger partial charge in [0.05, 0.1) is 5.52 Å². The van der Waals surface area contributed by atoms with Crippen molar-refractivity contribution in [3.8, 4) is 0 Å². The minimum atomic E-state index is 0.524. The highest BCUT2D eigenvalue weighted by Gasteiger charge is 2.16. The first-order chi connectivity index (χ1) is 8.33. The monoisotopic (exact) mass is 246 g/mol. The lowest BCUT2D eigenvalue weighted by Crippen LogP contribution is -2.19. The number of nitrogens with zero attached hydrogens (tertiary/aromatic N) is 2. The predicted octanol–water partition coefficient (Wildman–Crippen LogP) is 2.13. The van der Waals surface area contributed by atoms with Gasteiger partial charge in [-0.1, -0.05) is 0 Å². The first-order valence-corrected chi connectivity index (χ1v) is 6.83. The molecular weight excluding hydrogens is 232 g/mol. The van der Waals surface area contributed by atoms with Crippen molar-refractivity contribution in [2.45, 2.75) is 12.5 Å². The first-order valence-electron chi connectivity index (χ1n) is 5.67. The van der Waals surface area contributed by atoms with E-state index in [1.807, 2.05) is 30.0 Å². The second-order valence-electron chi connectivity index (χ2n) is 4.20. The zero-order valence-corrected chi connectivity index (χ0v) is 10.2. The number of nitrogens with one attached hydrogen (secondary N) is 1. The second kappa shape index (κ2) is 4.41. The van der Waals surface area contributed by atoms with Crippen LogP contribution in [0.25, 0.3) is 10.9 Å². The smallest absolute Gasteiger partial charge is 0.137 e. The summed E-state index contributed by atoms with van der Waals surface area (Å²) in [7, 11) is 0. The van der Waals surface area contributed by atoms with Gasteiger partial charge in [0.1, 0.15) is 12.1 Å². The summed E-state index contributed by atoms with van der Waals surface area (Å²) in [5.41, 5.74) is 7.38. The van der Waals surface area contributed by atoms with Crippen LogP contribution in [0.4, 0.5) is 11.5 Å². The summed E-state index contributed by atoms with van der Waals surface area (Å²) in [6, 6.07) is 6.27. The van der Waals surface area contributed by atoms with E-state index >= 15 is 0 Å². The van der Waals surface area contributed by atoms with Crippen LogP contribution in [0.1, 0.15) is 6.42 Å². The lowest BCUT2D eigenvalue weighted by molar-refractivity contribution is 0.808. The van der Waals surface area contributed by atoms with Gasteiger partial charge in [0, 0.05) is 22.9 Å². The molecule has 3 rings (SSSR count). The quantitative estimate of drug-likeness (QED) is 0.795. The number of nitrogen functional groups attached to an aromatic ring is 1. The van der Waals surface area contributed by atoms with Gasteiger partial charge in [-0.15, -0.1) is 0 Å². The average Bonchev–Trinajstić information content (AvgIpc) is 2.82. The Labute approximate surface area is 104 Å². The Bertz CT molecular complexity index is 537. The summed E-state index contributed by atoms with van der Waals surface area (Å²) >= 11 is 1.98. The van der Waals surface area contributed by atoms with E-state index in [4.69, 9.17) is 5.73 Å². The Morgan fingerprint density at radius 2 is 2.29 bits per heavy atom. The lowest BCUT2D eigenvalue weighted by Gasteiger charge is -2.13. The normalized spacial score (nSPS) is 19.6. The molecule has 1 aromatic heterocycles. The zero-order chi connectivity index (χ0) is 11.7. The lowest BCUT2D eigenvalue weighted by atomic mass is 10.2. The van der Waals surface area contributed by atoms with Gasteiger partial charge in [0.25, 0.3) is 0 Å². The van der Waals surface area contributed by atoms with E-state index in [0.29, 0.717) is 6.04 Å². The van der Waals surface area contributed by atoms with Crippen LogP contribution in [0.3, 0.4) is 0 Å². The Morgan fingerprint density at radius 1 is 1.35 bits per heavy atom. The molecule has 0 aliphatic carbocycles. The van der Waals surface area contributed by atoms with Crippen molar-refractivity contribution in [2.75, 3.05) is 22.6 Å². The maximum absolute atomic E-state index is 5.75. The van der Waals surface area contributed by atoms with Crippen LogP contribution >= 0.6 is 11.8 Å². The molecule has 1 unspecified atom stereocenters. The fourth-order valence-electron chi connectivity index (χ4n) is 2.03. The van der Waals surface area contributed by atoms with E-state index < -0.39 is 0 Å². The molecule has 0 spiro atoms. The fraction of sp³-hybridized carbons (Fsp3) is 0.333. The highest BCUT2D eigenvalue weighted by atomic mass is 32.2. The third-order valence-electron chi connectivity index (χ3n) is 2.93. The van der Waals surface area contributed by atoms with Crippen molar-refractivity contribution >= 4 is 34.2 Å². The SMILES string of the molecule is Nc1ccc2c(NC3CCSC3)ncnc2c1. The molecule has 0 saturated carbocycles. The molecule has 88 valence electrons. The van der Waals surface area contributed by atoms with Crippen molar-refractivity contribution in [2.24, 2.45) is 0 Å². The van der Waals surface area contributed by atoms with Gasteiger partial charge in [0.2, 0.25) is 0 Å². The number of nitrogens with two attached hydrogens (primary N) is 1. The number of aromatic nitrogens is 2. The average molecular weight is 246 g/mol. The fourth-order valence-corrected chi connectivity index (χ4v) is 3.18. The molecule has 1 fully saturated rings. The third kappa shape index (κ3) is 2.15. The number of rotatable bonds is 2. The number of benzene rings is 1. The number of fused-ring (bicyclic) bond motifs is 1. The minimum Gasteiger partial charge on any atom is -0.399 e. The van der Waals surface area contributed by atoms with Gasteiger partial charge >= 0.3 is 0 Å². The molecule has 2 heterocycles. The summed E-state index contributed by atoms with van der Waals surface area (Å²) in [5.74, 6) is 3.30. The predicted molar refractivity (Wildman–Crippen MR) is 73.3 cm³/mol. The van der Waals surface area contributed by atoms with Crippen molar-refractivity contribution in [3.63, 3.8) is 0 Å². The maximum Gasteiger partial charge on any atom is 0.137 e. The van der Waals surface area contributed by atoms with Gasteiger partial charge in [-0.2, -0.15) is 11.8 Å². The Balaban J connectivity index is 1.97. The van der Waals surface area contributed by atoms with Crippen molar-refractivity contribution in [3.05, 3.63) is 24.5 Å². The molecule has 4 nitrogen and oxygen atoms in total. The molecule has 0 radical (unpaired) electrons. The van der Waals surface area contributed by atoms with Crippen LogP contribution in [0.5, 0.6) is 0 Å². The molecular formula is C12H14N4S. The van der Waals surface area contributed by atoms with Crippen LogP contribution in [-0.2, 0) is 0 Å². The molecule has 1 aliphatic rings. The largest absolute Gasteiger partial charge is 0.399 e. The zero-order valence-electron chi connectivity index (χ0n) is 9.39.